The van der Waals surface area contributed by atoms with Crippen molar-refractivity contribution in [1.29, 1.82) is 0 Å². The summed E-state index contributed by atoms with van der Waals surface area (Å²) in [5, 5.41) is 0. The summed E-state index contributed by atoms with van der Waals surface area (Å²) < 4.78 is 6.88. The summed E-state index contributed by atoms with van der Waals surface area (Å²) in [7, 11) is 2.23. The molecule has 0 aliphatic carbocycles. The molecule has 3 heteroatoms. The maximum atomic E-state index is 6.88. The maximum absolute atomic E-state index is 6.88. The minimum Gasteiger partial charge on any atom is -0.398 e. The van der Waals surface area contributed by atoms with Gasteiger partial charge in [-0.15, -0.1) is 0 Å². The van der Waals surface area contributed by atoms with Gasteiger partial charge in [0.25, 0.3) is 0 Å². The van der Waals surface area contributed by atoms with E-state index in [-0.39, 0.29) is 11.8 Å². The molecule has 2 fully saturated rings. The number of piperidine rings is 1. The molecule has 0 aromatic heterocycles. The fraction of sp³-hybridized carbons (Fsp3) is 0.429. The summed E-state index contributed by atoms with van der Waals surface area (Å²) in [6, 6.07) is 19.2. The van der Waals surface area contributed by atoms with E-state index >= 15 is 0 Å². The first-order valence-corrected chi connectivity index (χ1v) is 9.00. The normalized spacial score (nSPS) is 28.0. The van der Waals surface area contributed by atoms with Gasteiger partial charge in [0.05, 0.1) is 0 Å². The standard InChI is InChI=1S/C21H26N2O/c1-23-17-10-7-14-21(23,15-13-17)24-20(16-8-3-2-4-9-16)18-11-5-6-12-19(18)22/h2-6,8-9,11-12,17,20H,7,10,13-15,22H2,1H3/t17-,20?,21-/m1/s1. The molecule has 3 nitrogen and oxygen atoms in total. The van der Waals surface area contributed by atoms with Crippen LogP contribution in [-0.2, 0) is 4.74 Å². The molecule has 0 radical (unpaired) electrons. The Bertz CT molecular complexity index is 698. The summed E-state index contributed by atoms with van der Waals surface area (Å²) in [4.78, 5) is 2.48. The molecule has 2 heterocycles. The number of para-hydroxylation sites is 1. The first-order chi connectivity index (χ1) is 11.7. The lowest BCUT2D eigenvalue weighted by atomic mass is 9.96. The molecule has 2 saturated heterocycles. The lowest BCUT2D eigenvalue weighted by Crippen LogP contribution is -2.50. The third-order valence-corrected chi connectivity index (χ3v) is 5.88. The molecule has 2 aromatic carbocycles. The largest absolute Gasteiger partial charge is 0.398 e. The molecule has 4 rings (SSSR count). The Morgan fingerprint density at radius 2 is 1.79 bits per heavy atom. The van der Waals surface area contributed by atoms with E-state index < -0.39 is 0 Å². The van der Waals surface area contributed by atoms with Gasteiger partial charge >= 0.3 is 0 Å². The molecule has 0 spiro atoms. The van der Waals surface area contributed by atoms with Crippen molar-refractivity contribution in [2.45, 2.75) is 50.0 Å². The van der Waals surface area contributed by atoms with Crippen LogP contribution in [0.2, 0.25) is 0 Å². The van der Waals surface area contributed by atoms with Crippen molar-refractivity contribution in [2.24, 2.45) is 0 Å². The van der Waals surface area contributed by atoms with Crippen LogP contribution in [0.25, 0.3) is 0 Å². The minimum absolute atomic E-state index is 0.119. The second kappa shape index (κ2) is 6.23. The van der Waals surface area contributed by atoms with Crippen molar-refractivity contribution in [1.82, 2.24) is 4.90 Å². The highest BCUT2D eigenvalue weighted by atomic mass is 16.5. The maximum Gasteiger partial charge on any atom is 0.123 e. The highest BCUT2D eigenvalue weighted by Crippen LogP contribution is 2.47. The molecule has 0 amide bonds. The molecule has 2 bridgehead atoms. The Morgan fingerprint density at radius 1 is 1.04 bits per heavy atom. The number of nitrogen functional groups attached to an aromatic ring is 1. The van der Waals surface area contributed by atoms with Crippen LogP contribution in [0.4, 0.5) is 5.69 Å². The molecule has 3 atom stereocenters. The molecule has 1 unspecified atom stereocenters. The Hall–Kier alpha value is -1.84. The van der Waals surface area contributed by atoms with Crippen LogP contribution in [0.15, 0.2) is 54.6 Å². The third kappa shape index (κ3) is 2.62. The second-order valence-corrected chi connectivity index (χ2v) is 7.18. The highest BCUT2D eigenvalue weighted by molar-refractivity contribution is 5.50. The Balaban J connectivity index is 1.73. The summed E-state index contributed by atoms with van der Waals surface area (Å²) in [6.07, 6.45) is 5.89. The van der Waals surface area contributed by atoms with Crippen molar-refractivity contribution in [3.63, 3.8) is 0 Å². The fourth-order valence-corrected chi connectivity index (χ4v) is 4.46. The molecule has 2 aromatic rings. The van der Waals surface area contributed by atoms with Crippen LogP contribution in [-0.4, -0.2) is 23.7 Å². The lowest BCUT2D eigenvalue weighted by Gasteiger charge is -2.44. The SMILES string of the molecule is CN1[C@@H]2CCC[C@@]1(OC(c1ccccc1)c1ccccc1N)CC2. The molecule has 2 aliphatic rings. The van der Waals surface area contributed by atoms with Gasteiger partial charge in [-0.05, 0) is 50.8 Å². The number of hydrogen-bond acceptors (Lipinski definition) is 3. The topological polar surface area (TPSA) is 38.5 Å². The van der Waals surface area contributed by atoms with Crippen LogP contribution in [0, 0.1) is 0 Å². The second-order valence-electron chi connectivity index (χ2n) is 7.18. The van der Waals surface area contributed by atoms with Gasteiger partial charge in [-0.1, -0.05) is 48.5 Å². The highest BCUT2D eigenvalue weighted by Gasteiger charge is 2.49. The third-order valence-electron chi connectivity index (χ3n) is 5.88. The van der Waals surface area contributed by atoms with E-state index in [1.165, 1.54) is 24.8 Å². The van der Waals surface area contributed by atoms with Gasteiger partial charge in [0.2, 0.25) is 0 Å². The molecule has 126 valence electrons. The molecule has 2 aliphatic heterocycles. The average molecular weight is 322 g/mol. The van der Waals surface area contributed by atoms with Crippen LogP contribution in [0.5, 0.6) is 0 Å². The van der Waals surface area contributed by atoms with Gasteiger partial charge in [-0.25, -0.2) is 0 Å². The van der Waals surface area contributed by atoms with E-state index in [1.54, 1.807) is 0 Å². The van der Waals surface area contributed by atoms with E-state index in [2.05, 4.69) is 42.3 Å². The lowest BCUT2D eigenvalue weighted by molar-refractivity contribution is -0.176. The van der Waals surface area contributed by atoms with Crippen molar-refractivity contribution in [2.75, 3.05) is 12.8 Å². The number of nitrogens with zero attached hydrogens (tertiary/aromatic N) is 1. The fourth-order valence-electron chi connectivity index (χ4n) is 4.46. The monoisotopic (exact) mass is 322 g/mol. The van der Waals surface area contributed by atoms with E-state index in [9.17, 15) is 0 Å². The van der Waals surface area contributed by atoms with Crippen molar-refractivity contribution < 1.29 is 4.74 Å². The van der Waals surface area contributed by atoms with Gasteiger partial charge in [0, 0.05) is 17.3 Å². The first kappa shape index (κ1) is 15.7. The number of rotatable bonds is 4. The number of nitrogens with two attached hydrogens (primary N) is 1. The zero-order valence-corrected chi connectivity index (χ0v) is 14.3. The minimum atomic E-state index is -0.147. The molecule has 24 heavy (non-hydrogen) atoms. The predicted octanol–water partition coefficient (Wildman–Crippen LogP) is 4.35. The number of benzene rings is 2. The van der Waals surface area contributed by atoms with Crippen molar-refractivity contribution >= 4 is 5.69 Å². The van der Waals surface area contributed by atoms with Crippen LogP contribution < -0.4 is 5.73 Å². The van der Waals surface area contributed by atoms with Crippen LogP contribution in [0.3, 0.4) is 0 Å². The van der Waals surface area contributed by atoms with E-state index in [4.69, 9.17) is 10.5 Å². The Kier molecular flexibility index (Phi) is 4.07. The smallest absolute Gasteiger partial charge is 0.123 e. The van der Waals surface area contributed by atoms with Gasteiger partial charge in [0.1, 0.15) is 11.8 Å². The molecule has 0 saturated carbocycles. The van der Waals surface area contributed by atoms with E-state index in [0.29, 0.717) is 6.04 Å². The summed E-state index contributed by atoms with van der Waals surface area (Å²) in [5.41, 5.74) is 9.20. The number of hydrogen-bond donors (Lipinski definition) is 1. The predicted molar refractivity (Wildman–Crippen MR) is 97.6 cm³/mol. The van der Waals surface area contributed by atoms with Crippen molar-refractivity contribution in [3.05, 3.63) is 65.7 Å². The number of ether oxygens (including phenoxy) is 1. The average Bonchev–Trinajstić information content (AvgIpc) is 2.79. The summed E-state index contributed by atoms with van der Waals surface area (Å²) in [5.74, 6) is 0. The zero-order chi connectivity index (χ0) is 16.6. The molecular formula is C21H26N2O. The van der Waals surface area contributed by atoms with Gasteiger partial charge < -0.3 is 10.5 Å². The Labute approximate surface area is 144 Å². The van der Waals surface area contributed by atoms with E-state index in [1.807, 2.05) is 24.3 Å². The number of fused-ring (bicyclic) bond motifs is 2. The van der Waals surface area contributed by atoms with Gasteiger partial charge in [0.15, 0.2) is 0 Å². The molecular weight excluding hydrogens is 296 g/mol. The zero-order valence-electron chi connectivity index (χ0n) is 14.3. The summed E-state index contributed by atoms with van der Waals surface area (Å²) >= 11 is 0. The van der Waals surface area contributed by atoms with Crippen LogP contribution in [0.1, 0.15) is 49.3 Å². The Morgan fingerprint density at radius 3 is 2.58 bits per heavy atom. The number of anilines is 1. The first-order valence-electron chi connectivity index (χ1n) is 9.00. The van der Waals surface area contributed by atoms with Gasteiger partial charge in [-0.3, -0.25) is 4.90 Å². The van der Waals surface area contributed by atoms with Crippen LogP contribution >= 0.6 is 0 Å². The summed E-state index contributed by atoms with van der Waals surface area (Å²) in [6.45, 7) is 0. The van der Waals surface area contributed by atoms with E-state index in [0.717, 1.165) is 24.1 Å². The van der Waals surface area contributed by atoms with Gasteiger partial charge in [-0.2, -0.15) is 0 Å². The quantitative estimate of drug-likeness (QED) is 0.851. The van der Waals surface area contributed by atoms with Crippen molar-refractivity contribution in [3.8, 4) is 0 Å². The molecule has 2 N–H and O–H groups in total.